The lowest BCUT2D eigenvalue weighted by Crippen LogP contribution is -2.62. The molecule has 3 heterocycles. The Bertz CT molecular complexity index is 886. The predicted octanol–water partition coefficient (Wildman–Crippen LogP) is -0.319. The minimum Gasteiger partial charge on any atom is -0.379 e. The monoisotopic (exact) mass is 407 g/mol. The first-order valence-electron chi connectivity index (χ1n) is 9.20. The number of amides is 3. The number of sulfonamides is 1. The highest BCUT2D eigenvalue weighted by molar-refractivity contribution is 7.89. The van der Waals surface area contributed by atoms with E-state index in [2.05, 4.69) is 0 Å². The highest BCUT2D eigenvalue weighted by atomic mass is 32.2. The van der Waals surface area contributed by atoms with E-state index in [-0.39, 0.29) is 41.5 Å². The van der Waals surface area contributed by atoms with E-state index >= 15 is 0 Å². The average molecular weight is 407 g/mol. The van der Waals surface area contributed by atoms with E-state index in [1.54, 1.807) is 4.90 Å². The van der Waals surface area contributed by atoms with Crippen LogP contribution in [0.1, 0.15) is 23.2 Å². The van der Waals surface area contributed by atoms with Crippen LogP contribution < -0.4 is 0 Å². The molecule has 0 radical (unpaired) electrons. The zero-order valence-corrected chi connectivity index (χ0v) is 16.1. The van der Waals surface area contributed by atoms with Crippen LogP contribution in [-0.4, -0.2) is 85.7 Å². The normalized spacial score (nSPS) is 21.9. The van der Waals surface area contributed by atoms with Crippen LogP contribution >= 0.6 is 0 Å². The Morgan fingerprint density at radius 2 is 1.54 bits per heavy atom. The quantitative estimate of drug-likeness (QED) is 0.634. The molecule has 1 aromatic carbocycles. The van der Waals surface area contributed by atoms with E-state index in [9.17, 15) is 22.8 Å². The van der Waals surface area contributed by atoms with Crippen molar-refractivity contribution in [1.29, 1.82) is 0 Å². The fourth-order valence-corrected chi connectivity index (χ4v) is 5.08. The van der Waals surface area contributed by atoms with Gasteiger partial charge in [0.05, 0.1) is 24.2 Å². The van der Waals surface area contributed by atoms with Gasteiger partial charge in [-0.2, -0.15) is 4.31 Å². The molecule has 0 spiro atoms. The second-order valence-corrected chi connectivity index (χ2v) is 9.00. The number of morpholine rings is 1. The van der Waals surface area contributed by atoms with Crippen LogP contribution in [0.25, 0.3) is 0 Å². The summed E-state index contributed by atoms with van der Waals surface area (Å²) in [6.07, 6.45) is 0.477. The number of likely N-dealkylation sites (tertiary alicyclic amines) is 2. The Hall–Kier alpha value is -2.30. The maximum absolute atomic E-state index is 12.6. The Labute approximate surface area is 162 Å². The predicted molar refractivity (Wildman–Crippen MR) is 96.8 cm³/mol. The third kappa shape index (κ3) is 3.31. The van der Waals surface area contributed by atoms with Crippen molar-refractivity contribution in [3.05, 3.63) is 29.8 Å². The summed E-state index contributed by atoms with van der Waals surface area (Å²) in [5.41, 5.74) is 0.374. The molecular weight excluding hydrogens is 386 g/mol. The third-order valence-corrected chi connectivity index (χ3v) is 7.23. The number of ether oxygens (including phenoxy) is 1. The smallest absolute Gasteiger partial charge is 0.253 e. The number of hydrogen-bond acceptors (Lipinski definition) is 6. The highest BCUT2D eigenvalue weighted by Gasteiger charge is 2.42. The number of imide groups is 1. The van der Waals surface area contributed by atoms with E-state index in [0.717, 1.165) is 0 Å². The summed E-state index contributed by atoms with van der Waals surface area (Å²) in [6.45, 7) is 1.98. The molecule has 10 heteroatoms. The first-order valence-corrected chi connectivity index (χ1v) is 10.6. The van der Waals surface area contributed by atoms with Gasteiger partial charge < -0.3 is 9.64 Å². The summed E-state index contributed by atoms with van der Waals surface area (Å²) in [7, 11) is -3.60. The van der Waals surface area contributed by atoms with E-state index in [1.165, 1.54) is 33.5 Å². The largest absolute Gasteiger partial charge is 0.379 e. The first-order chi connectivity index (χ1) is 13.4. The van der Waals surface area contributed by atoms with Crippen molar-refractivity contribution in [3.8, 4) is 0 Å². The van der Waals surface area contributed by atoms with Crippen LogP contribution in [-0.2, 0) is 24.3 Å². The Morgan fingerprint density at radius 1 is 0.964 bits per heavy atom. The van der Waals surface area contributed by atoms with Gasteiger partial charge in [-0.15, -0.1) is 0 Å². The fourth-order valence-electron chi connectivity index (χ4n) is 3.67. The van der Waals surface area contributed by atoms with Crippen molar-refractivity contribution in [2.24, 2.45) is 0 Å². The van der Waals surface area contributed by atoms with Gasteiger partial charge in [0, 0.05) is 44.6 Å². The third-order valence-electron chi connectivity index (χ3n) is 5.31. The highest BCUT2D eigenvalue weighted by Crippen LogP contribution is 2.24. The molecule has 1 aromatic rings. The molecule has 0 aromatic heterocycles. The summed E-state index contributed by atoms with van der Waals surface area (Å²) in [5.74, 6) is -0.606. The van der Waals surface area contributed by atoms with Crippen molar-refractivity contribution < 1.29 is 27.5 Å². The number of carbonyl (C=O) groups is 3. The number of hydrogen-bond donors (Lipinski definition) is 0. The minimum atomic E-state index is -3.60. The number of nitrogens with zero attached hydrogens (tertiary/aromatic N) is 3. The van der Waals surface area contributed by atoms with E-state index in [0.29, 0.717) is 45.0 Å². The van der Waals surface area contributed by atoms with E-state index in [1.807, 2.05) is 0 Å². The lowest BCUT2D eigenvalue weighted by Gasteiger charge is -2.43. The lowest BCUT2D eigenvalue weighted by atomic mass is 10.1. The lowest BCUT2D eigenvalue weighted by molar-refractivity contribution is -0.144. The van der Waals surface area contributed by atoms with Gasteiger partial charge in [-0.3, -0.25) is 19.3 Å². The summed E-state index contributed by atoms with van der Waals surface area (Å²) >= 11 is 0. The van der Waals surface area contributed by atoms with Gasteiger partial charge in [-0.1, -0.05) is 0 Å². The molecule has 0 bridgehead atoms. The first kappa shape index (κ1) is 19.0. The summed E-state index contributed by atoms with van der Waals surface area (Å²) < 4.78 is 31.8. The van der Waals surface area contributed by atoms with Gasteiger partial charge in [-0.05, 0) is 24.3 Å². The molecule has 28 heavy (non-hydrogen) atoms. The summed E-state index contributed by atoms with van der Waals surface area (Å²) in [4.78, 5) is 39.1. The van der Waals surface area contributed by atoms with Gasteiger partial charge in [0.25, 0.3) is 5.91 Å². The van der Waals surface area contributed by atoms with Gasteiger partial charge in [0.15, 0.2) is 0 Å². The van der Waals surface area contributed by atoms with Gasteiger partial charge in [0.2, 0.25) is 21.8 Å². The van der Waals surface area contributed by atoms with Crippen LogP contribution in [0.3, 0.4) is 0 Å². The van der Waals surface area contributed by atoms with Crippen molar-refractivity contribution in [2.75, 3.05) is 39.4 Å². The Balaban J connectivity index is 1.40. The topological polar surface area (TPSA) is 104 Å². The van der Waals surface area contributed by atoms with Crippen LogP contribution in [0.2, 0.25) is 0 Å². The molecule has 0 atom stereocenters. The van der Waals surface area contributed by atoms with Gasteiger partial charge in [-0.25, -0.2) is 8.42 Å². The zero-order chi connectivity index (χ0) is 19.9. The van der Waals surface area contributed by atoms with Gasteiger partial charge >= 0.3 is 0 Å². The van der Waals surface area contributed by atoms with Crippen molar-refractivity contribution in [2.45, 2.75) is 23.8 Å². The molecule has 4 rings (SSSR count). The number of rotatable bonds is 4. The zero-order valence-electron chi connectivity index (χ0n) is 15.2. The maximum atomic E-state index is 12.6. The maximum Gasteiger partial charge on any atom is 0.253 e. The van der Waals surface area contributed by atoms with E-state index in [4.69, 9.17) is 4.74 Å². The molecule has 3 aliphatic rings. The molecule has 0 saturated carbocycles. The summed E-state index contributed by atoms with van der Waals surface area (Å²) in [6, 6.07) is 5.60. The van der Waals surface area contributed by atoms with Crippen molar-refractivity contribution >= 4 is 27.7 Å². The van der Waals surface area contributed by atoms with Crippen LogP contribution in [0.15, 0.2) is 29.2 Å². The van der Waals surface area contributed by atoms with Crippen LogP contribution in [0, 0.1) is 0 Å². The van der Waals surface area contributed by atoms with Gasteiger partial charge in [0.1, 0.15) is 0 Å². The molecule has 0 N–H and O–H groups in total. The summed E-state index contributed by atoms with van der Waals surface area (Å²) in [5, 5.41) is 0. The number of carbonyl (C=O) groups excluding carboxylic acids is 3. The van der Waals surface area contributed by atoms with Crippen LogP contribution in [0.5, 0.6) is 0 Å². The average Bonchev–Trinajstić information content (AvgIpc) is 3.00. The van der Waals surface area contributed by atoms with Crippen molar-refractivity contribution in [3.63, 3.8) is 0 Å². The minimum absolute atomic E-state index is 0.140. The molecule has 0 aliphatic carbocycles. The molecule has 0 unspecified atom stereocenters. The molecular formula is C18H21N3O6S. The molecule has 3 amide bonds. The SMILES string of the molecule is O=C(c1ccc(S(=O)(=O)N2CCOCC2)cc1)N1CC(N2C(=O)CCC2=O)C1. The molecule has 150 valence electrons. The molecule has 3 aliphatic heterocycles. The van der Waals surface area contributed by atoms with E-state index < -0.39 is 10.0 Å². The second kappa shape index (κ2) is 7.26. The Morgan fingerprint density at radius 3 is 2.11 bits per heavy atom. The second-order valence-electron chi connectivity index (χ2n) is 7.06. The Kier molecular flexibility index (Phi) is 4.94. The van der Waals surface area contributed by atoms with Crippen molar-refractivity contribution in [1.82, 2.24) is 14.1 Å². The molecule has 9 nitrogen and oxygen atoms in total. The standard InChI is InChI=1S/C18H21N3O6S/c22-16-5-6-17(23)21(16)14-11-19(12-14)18(24)13-1-3-15(4-2-13)28(25,26)20-7-9-27-10-8-20/h1-4,14H,5-12H2. The van der Waals surface area contributed by atoms with Crippen LogP contribution in [0.4, 0.5) is 0 Å². The fraction of sp³-hybridized carbons (Fsp3) is 0.500. The number of benzene rings is 1. The molecule has 3 saturated heterocycles. The molecule has 3 fully saturated rings.